The number of hydrogen-bond donors (Lipinski definition) is 1. The molecular formula is C13H23N3S2. The van der Waals surface area contributed by atoms with Gasteiger partial charge in [-0.25, -0.2) is 4.98 Å². The molecule has 0 bridgehead atoms. The van der Waals surface area contributed by atoms with Gasteiger partial charge in [0.15, 0.2) is 5.13 Å². The topological polar surface area (TPSA) is 28.2 Å². The zero-order chi connectivity index (χ0) is 13.0. The summed E-state index contributed by atoms with van der Waals surface area (Å²) in [6, 6.07) is 0.541. The number of thiazole rings is 1. The monoisotopic (exact) mass is 285 g/mol. The van der Waals surface area contributed by atoms with Crippen molar-refractivity contribution in [3.8, 4) is 0 Å². The second-order valence-corrected chi connectivity index (χ2v) is 6.72. The summed E-state index contributed by atoms with van der Waals surface area (Å²) in [5.74, 6) is 1.16. The summed E-state index contributed by atoms with van der Waals surface area (Å²) < 4.78 is 0. The predicted octanol–water partition coefficient (Wildman–Crippen LogP) is 2.93. The van der Waals surface area contributed by atoms with E-state index in [0.717, 1.165) is 25.3 Å². The summed E-state index contributed by atoms with van der Waals surface area (Å²) in [6.07, 6.45) is 5.84. The summed E-state index contributed by atoms with van der Waals surface area (Å²) in [7, 11) is 2.16. The Hall–Kier alpha value is -0.260. The Morgan fingerprint density at radius 3 is 3.11 bits per heavy atom. The quantitative estimate of drug-likeness (QED) is 0.870. The molecule has 102 valence electrons. The first kappa shape index (κ1) is 14.2. The van der Waals surface area contributed by atoms with Crippen LogP contribution in [-0.2, 0) is 6.42 Å². The molecule has 1 aliphatic carbocycles. The standard InChI is InChI=1S/C13H23N3S2/c1-4-14-10-6-5-7-11-12(10)18-13(15-11)16(2)8-9-17-3/h10,14H,4-9H2,1-3H3. The Labute approximate surface area is 118 Å². The highest BCUT2D eigenvalue weighted by atomic mass is 32.2. The molecular weight excluding hydrogens is 262 g/mol. The third kappa shape index (κ3) is 3.19. The van der Waals surface area contributed by atoms with Crippen LogP contribution in [-0.4, -0.2) is 37.1 Å². The van der Waals surface area contributed by atoms with Gasteiger partial charge in [0.1, 0.15) is 0 Å². The first-order chi connectivity index (χ1) is 8.76. The van der Waals surface area contributed by atoms with Crippen LogP contribution >= 0.6 is 23.1 Å². The van der Waals surface area contributed by atoms with E-state index in [1.807, 2.05) is 23.1 Å². The summed E-state index contributed by atoms with van der Waals surface area (Å²) in [5.41, 5.74) is 1.34. The van der Waals surface area contributed by atoms with Crippen LogP contribution in [0.2, 0.25) is 0 Å². The Morgan fingerprint density at radius 2 is 2.39 bits per heavy atom. The van der Waals surface area contributed by atoms with Crippen LogP contribution in [0.3, 0.4) is 0 Å². The Morgan fingerprint density at radius 1 is 1.56 bits per heavy atom. The number of aryl methyl sites for hydroxylation is 1. The highest BCUT2D eigenvalue weighted by Crippen LogP contribution is 2.37. The summed E-state index contributed by atoms with van der Waals surface area (Å²) in [6.45, 7) is 4.31. The maximum atomic E-state index is 4.83. The molecule has 1 heterocycles. The molecule has 0 fully saturated rings. The van der Waals surface area contributed by atoms with Crippen LogP contribution in [0.1, 0.15) is 36.4 Å². The molecule has 0 radical (unpaired) electrons. The zero-order valence-electron chi connectivity index (χ0n) is 11.5. The van der Waals surface area contributed by atoms with Crippen LogP contribution in [0, 0.1) is 0 Å². The Balaban J connectivity index is 2.11. The number of hydrogen-bond acceptors (Lipinski definition) is 5. The van der Waals surface area contributed by atoms with Gasteiger partial charge in [-0.05, 0) is 32.1 Å². The fourth-order valence-corrected chi connectivity index (χ4v) is 4.00. The van der Waals surface area contributed by atoms with Gasteiger partial charge in [0.05, 0.1) is 5.69 Å². The lowest BCUT2D eigenvalue weighted by atomic mass is 9.98. The van der Waals surface area contributed by atoms with Crippen molar-refractivity contribution in [3.05, 3.63) is 10.6 Å². The van der Waals surface area contributed by atoms with Gasteiger partial charge in [0, 0.05) is 30.3 Å². The molecule has 0 saturated heterocycles. The molecule has 1 N–H and O–H groups in total. The number of rotatable bonds is 6. The Bertz CT molecular complexity index is 378. The van der Waals surface area contributed by atoms with Crippen LogP contribution < -0.4 is 10.2 Å². The van der Waals surface area contributed by atoms with E-state index in [1.165, 1.54) is 28.5 Å². The van der Waals surface area contributed by atoms with E-state index in [1.54, 1.807) is 0 Å². The van der Waals surface area contributed by atoms with Gasteiger partial charge in [-0.1, -0.05) is 18.3 Å². The molecule has 0 saturated carbocycles. The SMILES string of the molecule is CCNC1CCCc2nc(N(C)CCSC)sc21. The van der Waals surface area contributed by atoms with Gasteiger partial charge in [0.25, 0.3) is 0 Å². The lowest BCUT2D eigenvalue weighted by Gasteiger charge is -2.21. The normalized spacial score (nSPS) is 18.7. The maximum absolute atomic E-state index is 4.83. The van der Waals surface area contributed by atoms with E-state index in [9.17, 15) is 0 Å². The van der Waals surface area contributed by atoms with Crippen LogP contribution in [0.5, 0.6) is 0 Å². The van der Waals surface area contributed by atoms with Gasteiger partial charge in [-0.2, -0.15) is 11.8 Å². The summed E-state index contributed by atoms with van der Waals surface area (Å²) in [5, 5.41) is 4.78. The molecule has 1 unspecified atom stereocenters. The minimum atomic E-state index is 0.541. The van der Waals surface area contributed by atoms with Crippen molar-refractivity contribution >= 4 is 28.2 Å². The molecule has 0 spiro atoms. The molecule has 1 aromatic rings. The van der Waals surface area contributed by atoms with Crippen molar-refractivity contribution in [2.45, 2.75) is 32.2 Å². The van der Waals surface area contributed by atoms with Crippen molar-refractivity contribution in [1.82, 2.24) is 10.3 Å². The fraction of sp³-hybridized carbons (Fsp3) is 0.769. The average molecular weight is 285 g/mol. The molecule has 1 aromatic heterocycles. The minimum absolute atomic E-state index is 0.541. The second-order valence-electron chi connectivity index (χ2n) is 4.72. The third-order valence-corrected chi connectivity index (χ3v) is 5.26. The number of anilines is 1. The van der Waals surface area contributed by atoms with E-state index < -0.39 is 0 Å². The number of fused-ring (bicyclic) bond motifs is 1. The Kier molecular flexibility index (Phi) is 5.33. The average Bonchev–Trinajstić information content (AvgIpc) is 2.81. The van der Waals surface area contributed by atoms with E-state index in [-0.39, 0.29) is 0 Å². The highest BCUT2D eigenvalue weighted by Gasteiger charge is 2.24. The van der Waals surface area contributed by atoms with Crippen molar-refractivity contribution in [3.63, 3.8) is 0 Å². The number of aromatic nitrogens is 1. The summed E-state index contributed by atoms with van der Waals surface area (Å²) >= 11 is 3.78. The summed E-state index contributed by atoms with van der Waals surface area (Å²) in [4.78, 5) is 8.61. The fourth-order valence-electron chi connectivity index (χ4n) is 2.33. The predicted molar refractivity (Wildman–Crippen MR) is 83.1 cm³/mol. The van der Waals surface area contributed by atoms with Crippen LogP contribution in [0.15, 0.2) is 0 Å². The minimum Gasteiger partial charge on any atom is -0.350 e. The zero-order valence-corrected chi connectivity index (χ0v) is 13.2. The van der Waals surface area contributed by atoms with Crippen molar-refractivity contribution < 1.29 is 0 Å². The molecule has 1 atom stereocenters. The van der Waals surface area contributed by atoms with Gasteiger partial charge < -0.3 is 10.2 Å². The molecule has 18 heavy (non-hydrogen) atoms. The van der Waals surface area contributed by atoms with Crippen molar-refractivity contribution in [1.29, 1.82) is 0 Å². The first-order valence-electron chi connectivity index (χ1n) is 6.69. The molecule has 1 aliphatic rings. The first-order valence-corrected chi connectivity index (χ1v) is 8.90. The molecule has 0 aliphatic heterocycles. The van der Waals surface area contributed by atoms with E-state index in [2.05, 4.69) is 30.4 Å². The molecule has 3 nitrogen and oxygen atoms in total. The molecule has 0 aromatic carbocycles. The molecule has 2 rings (SSSR count). The van der Waals surface area contributed by atoms with Gasteiger partial charge in [0.2, 0.25) is 0 Å². The highest BCUT2D eigenvalue weighted by molar-refractivity contribution is 7.98. The largest absolute Gasteiger partial charge is 0.350 e. The number of thioether (sulfide) groups is 1. The molecule has 5 heteroatoms. The van der Waals surface area contributed by atoms with E-state index >= 15 is 0 Å². The number of nitrogens with zero attached hydrogens (tertiary/aromatic N) is 2. The molecule has 0 amide bonds. The van der Waals surface area contributed by atoms with E-state index in [0.29, 0.717) is 6.04 Å². The third-order valence-electron chi connectivity index (χ3n) is 3.35. The van der Waals surface area contributed by atoms with Crippen LogP contribution in [0.4, 0.5) is 5.13 Å². The van der Waals surface area contributed by atoms with Crippen molar-refractivity contribution in [2.24, 2.45) is 0 Å². The lowest BCUT2D eigenvalue weighted by Crippen LogP contribution is -2.23. The number of nitrogens with one attached hydrogen (secondary N) is 1. The van der Waals surface area contributed by atoms with Crippen LogP contribution in [0.25, 0.3) is 0 Å². The maximum Gasteiger partial charge on any atom is 0.185 e. The second kappa shape index (κ2) is 6.78. The smallest absolute Gasteiger partial charge is 0.185 e. The lowest BCUT2D eigenvalue weighted by molar-refractivity contribution is 0.476. The van der Waals surface area contributed by atoms with Gasteiger partial charge >= 0.3 is 0 Å². The van der Waals surface area contributed by atoms with Crippen molar-refractivity contribution in [2.75, 3.05) is 37.0 Å². The van der Waals surface area contributed by atoms with Gasteiger partial charge in [-0.3, -0.25) is 0 Å². The van der Waals surface area contributed by atoms with E-state index in [4.69, 9.17) is 4.98 Å². The van der Waals surface area contributed by atoms with Gasteiger partial charge in [-0.15, -0.1) is 0 Å².